The van der Waals surface area contributed by atoms with E-state index >= 15 is 0 Å². The second kappa shape index (κ2) is 9.09. The van der Waals surface area contributed by atoms with Gasteiger partial charge in [0.15, 0.2) is 5.13 Å². The van der Waals surface area contributed by atoms with Crippen molar-refractivity contribution in [2.45, 2.75) is 18.8 Å². The molecule has 2 aromatic carbocycles. The van der Waals surface area contributed by atoms with Crippen LogP contribution >= 0.6 is 11.3 Å². The Morgan fingerprint density at radius 1 is 1.17 bits per heavy atom. The number of fused-ring (bicyclic) bond motifs is 1. The van der Waals surface area contributed by atoms with Crippen molar-refractivity contribution < 1.29 is 27.5 Å². The normalized spacial score (nSPS) is 12.4. The van der Waals surface area contributed by atoms with E-state index in [0.29, 0.717) is 16.6 Å². The second-order valence-corrected chi connectivity index (χ2v) is 7.29. The number of hydrogen-bond donors (Lipinski definition) is 3. The summed E-state index contributed by atoms with van der Waals surface area (Å²) in [7, 11) is 0. The van der Waals surface area contributed by atoms with Gasteiger partial charge in [0.25, 0.3) is 0 Å². The van der Waals surface area contributed by atoms with E-state index in [2.05, 4.69) is 20.4 Å². The molecule has 1 atom stereocenters. The molecule has 0 aliphatic carbocycles. The molecule has 1 unspecified atom stereocenters. The predicted octanol–water partition coefficient (Wildman–Crippen LogP) is 2.82. The molecule has 11 heteroatoms. The highest BCUT2D eigenvalue weighted by atomic mass is 32.1. The fraction of sp³-hybridized carbons (Fsp3) is 0.211. The van der Waals surface area contributed by atoms with E-state index in [1.807, 2.05) is 30.3 Å². The molecule has 0 aliphatic heterocycles. The number of nitrogens with two attached hydrogens (primary N) is 1. The van der Waals surface area contributed by atoms with Gasteiger partial charge in [0.05, 0.1) is 22.8 Å². The number of anilines is 1. The fourth-order valence-corrected chi connectivity index (χ4v) is 3.49. The van der Waals surface area contributed by atoms with Crippen LogP contribution in [-0.4, -0.2) is 35.7 Å². The molecule has 30 heavy (non-hydrogen) atoms. The van der Waals surface area contributed by atoms with Gasteiger partial charge in [0.2, 0.25) is 11.8 Å². The third kappa shape index (κ3) is 6.16. The Morgan fingerprint density at radius 2 is 1.90 bits per heavy atom. The summed E-state index contributed by atoms with van der Waals surface area (Å²) in [6, 6.07) is 12.1. The van der Waals surface area contributed by atoms with Crippen LogP contribution in [0.25, 0.3) is 10.2 Å². The van der Waals surface area contributed by atoms with E-state index < -0.39 is 24.2 Å². The first-order valence-electron chi connectivity index (χ1n) is 8.73. The topological polar surface area (TPSA) is 106 Å². The molecular weight excluding hydrogens is 421 g/mol. The maximum atomic E-state index is 12.3. The number of ether oxygens (including phenoxy) is 1. The van der Waals surface area contributed by atoms with Gasteiger partial charge in [-0.05, 0) is 24.1 Å². The molecule has 2 amide bonds. The lowest BCUT2D eigenvalue weighted by Crippen LogP contribution is -2.44. The number of nitrogens with zero attached hydrogens (tertiary/aromatic N) is 1. The first-order chi connectivity index (χ1) is 14.2. The Labute approximate surface area is 173 Å². The SMILES string of the molecule is NC(Cc1ccccc1)C(=O)NCC(=O)Nc1nc2ccc(OC(F)(F)F)cc2s1. The summed E-state index contributed by atoms with van der Waals surface area (Å²) in [6.45, 7) is -0.320. The summed E-state index contributed by atoms with van der Waals surface area (Å²) in [4.78, 5) is 28.2. The van der Waals surface area contributed by atoms with Crippen molar-refractivity contribution in [1.82, 2.24) is 10.3 Å². The molecule has 0 fully saturated rings. The number of aromatic nitrogens is 1. The van der Waals surface area contributed by atoms with Crippen molar-refractivity contribution >= 4 is 38.5 Å². The zero-order valence-corrected chi connectivity index (χ0v) is 16.2. The number of carbonyl (C=O) groups is 2. The van der Waals surface area contributed by atoms with E-state index in [1.54, 1.807) is 0 Å². The number of rotatable bonds is 7. The van der Waals surface area contributed by atoms with Gasteiger partial charge in [0, 0.05) is 6.07 Å². The molecule has 7 nitrogen and oxygen atoms in total. The van der Waals surface area contributed by atoms with E-state index in [-0.39, 0.29) is 17.4 Å². The van der Waals surface area contributed by atoms with E-state index in [9.17, 15) is 22.8 Å². The number of hydrogen-bond acceptors (Lipinski definition) is 6. The average Bonchev–Trinajstić information content (AvgIpc) is 3.07. The van der Waals surface area contributed by atoms with Gasteiger partial charge in [-0.1, -0.05) is 41.7 Å². The average molecular weight is 438 g/mol. The Kier molecular flexibility index (Phi) is 6.53. The van der Waals surface area contributed by atoms with Gasteiger partial charge in [-0.25, -0.2) is 4.98 Å². The number of alkyl halides is 3. The van der Waals surface area contributed by atoms with Crippen LogP contribution in [0.3, 0.4) is 0 Å². The van der Waals surface area contributed by atoms with Gasteiger partial charge in [0.1, 0.15) is 5.75 Å². The standard InChI is InChI=1S/C19H17F3N4O3S/c20-19(21,22)29-12-6-7-14-15(9-12)30-18(25-14)26-16(27)10-24-17(28)13(23)8-11-4-2-1-3-5-11/h1-7,9,13H,8,10,23H2,(H,24,28)(H,25,26,27). The van der Waals surface area contributed by atoms with Crippen molar-refractivity contribution in [1.29, 1.82) is 0 Å². The van der Waals surface area contributed by atoms with Gasteiger partial charge < -0.3 is 21.1 Å². The van der Waals surface area contributed by atoms with Gasteiger partial charge in [-0.2, -0.15) is 0 Å². The highest BCUT2D eigenvalue weighted by Gasteiger charge is 2.31. The maximum Gasteiger partial charge on any atom is 0.573 e. The Hall–Kier alpha value is -3.18. The number of benzene rings is 2. The summed E-state index contributed by atoms with van der Waals surface area (Å²) in [6.07, 6.45) is -4.47. The fourth-order valence-electron chi connectivity index (χ4n) is 2.58. The summed E-state index contributed by atoms with van der Waals surface area (Å²) in [5.74, 6) is -1.40. The largest absolute Gasteiger partial charge is 0.573 e. The molecule has 1 aromatic heterocycles. The zero-order chi connectivity index (χ0) is 21.7. The van der Waals surface area contributed by atoms with Crippen LogP contribution in [-0.2, 0) is 16.0 Å². The van der Waals surface area contributed by atoms with Crippen LogP contribution in [0.5, 0.6) is 5.75 Å². The molecular formula is C19H17F3N4O3S. The number of amides is 2. The lowest BCUT2D eigenvalue weighted by Gasteiger charge is -2.12. The van der Waals surface area contributed by atoms with Crippen LogP contribution < -0.4 is 21.1 Å². The molecule has 0 saturated carbocycles. The molecule has 158 valence electrons. The lowest BCUT2D eigenvalue weighted by molar-refractivity contribution is -0.274. The first kappa shape index (κ1) is 21.5. The monoisotopic (exact) mass is 438 g/mol. The van der Waals surface area contributed by atoms with Crippen LogP contribution in [0.15, 0.2) is 48.5 Å². The molecule has 0 bridgehead atoms. The Balaban J connectivity index is 1.53. The van der Waals surface area contributed by atoms with Crippen molar-refractivity contribution in [3.05, 3.63) is 54.1 Å². The highest BCUT2D eigenvalue weighted by Crippen LogP contribution is 2.31. The van der Waals surface area contributed by atoms with Crippen molar-refractivity contribution in [3.63, 3.8) is 0 Å². The predicted molar refractivity (Wildman–Crippen MR) is 106 cm³/mol. The molecule has 0 saturated heterocycles. The molecule has 3 rings (SSSR count). The van der Waals surface area contributed by atoms with Crippen molar-refractivity contribution in [3.8, 4) is 5.75 Å². The number of halogens is 3. The third-order valence-electron chi connectivity index (χ3n) is 3.90. The van der Waals surface area contributed by atoms with Crippen LogP contribution in [0.2, 0.25) is 0 Å². The molecule has 4 N–H and O–H groups in total. The highest BCUT2D eigenvalue weighted by molar-refractivity contribution is 7.22. The molecule has 0 spiro atoms. The van der Waals surface area contributed by atoms with Gasteiger partial charge in [-0.3, -0.25) is 9.59 Å². The minimum absolute atomic E-state index is 0.182. The molecule has 0 aliphatic rings. The number of thiazole rings is 1. The Morgan fingerprint density at radius 3 is 2.60 bits per heavy atom. The third-order valence-corrected chi connectivity index (χ3v) is 4.83. The summed E-state index contributed by atoms with van der Waals surface area (Å²) >= 11 is 0.980. The minimum atomic E-state index is -4.80. The zero-order valence-electron chi connectivity index (χ0n) is 15.4. The van der Waals surface area contributed by atoms with E-state index in [1.165, 1.54) is 12.1 Å². The molecule has 3 aromatic rings. The van der Waals surface area contributed by atoms with Crippen molar-refractivity contribution in [2.75, 3.05) is 11.9 Å². The van der Waals surface area contributed by atoms with Gasteiger partial charge >= 0.3 is 6.36 Å². The van der Waals surface area contributed by atoms with Crippen molar-refractivity contribution in [2.24, 2.45) is 5.73 Å². The van der Waals surface area contributed by atoms with Crippen LogP contribution in [0.4, 0.5) is 18.3 Å². The molecule has 0 radical (unpaired) electrons. The van der Waals surface area contributed by atoms with Crippen LogP contribution in [0, 0.1) is 0 Å². The molecule has 1 heterocycles. The van der Waals surface area contributed by atoms with Gasteiger partial charge in [-0.15, -0.1) is 13.2 Å². The first-order valence-corrected chi connectivity index (χ1v) is 9.55. The second-order valence-electron chi connectivity index (χ2n) is 6.26. The number of carbonyl (C=O) groups excluding carboxylic acids is 2. The quantitative estimate of drug-likeness (QED) is 0.526. The maximum absolute atomic E-state index is 12.3. The number of nitrogens with one attached hydrogen (secondary N) is 2. The van der Waals surface area contributed by atoms with E-state index in [4.69, 9.17) is 5.73 Å². The summed E-state index contributed by atoms with van der Waals surface area (Å²) in [5.41, 5.74) is 7.15. The smallest absolute Gasteiger partial charge is 0.406 e. The summed E-state index contributed by atoms with van der Waals surface area (Å²) < 4.78 is 41.2. The van der Waals surface area contributed by atoms with E-state index in [0.717, 1.165) is 23.0 Å². The summed E-state index contributed by atoms with van der Waals surface area (Å²) in [5, 5.41) is 5.12. The lowest BCUT2D eigenvalue weighted by atomic mass is 10.1. The minimum Gasteiger partial charge on any atom is -0.406 e. The Bertz CT molecular complexity index is 1040. The van der Waals surface area contributed by atoms with Crippen LogP contribution in [0.1, 0.15) is 5.56 Å².